The Morgan fingerprint density at radius 1 is 0.318 bits per heavy atom. The summed E-state index contributed by atoms with van der Waals surface area (Å²) in [6, 6.07) is -0.627. The van der Waals surface area contributed by atoms with Gasteiger partial charge in [-0.05, 0) is 64.2 Å². The fraction of sp³-hybridized carbons (Fsp3) is 0.902. The predicted molar refractivity (Wildman–Crippen MR) is 389 cm³/mol. The molecule has 0 spiro atoms. The summed E-state index contributed by atoms with van der Waals surface area (Å²) in [4.78, 5) is 24.7. The van der Waals surface area contributed by atoms with Crippen LogP contribution in [0.5, 0.6) is 0 Å². The van der Waals surface area contributed by atoms with E-state index in [0.29, 0.717) is 19.4 Å². The summed E-state index contributed by atoms with van der Waals surface area (Å²) in [6.45, 7) is 4.93. The van der Waals surface area contributed by atoms with E-state index < -0.39 is 12.1 Å². The molecule has 0 fully saturated rings. The molecule has 520 valence electrons. The first-order valence-corrected chi connectivity index (χ1v) is 40.3. The van der Waals surface area contributed by atoms with Crippen LogP contribution in [0.1, 0.15) is 450 Å². The van der Waals surface area contributed by atoms with Gasteiger partial charge < -0.3 is 20.3 Å². The lowest BCUT2D eigenvalue weighted by Crippen LogP contribution is -2.45. The number of aliphatic hydroxyl groups excluding tert-OH is 2. The molecule has 0 saturated heterocycles. The lowest BCUT2D eigenvalue weighted by molar-refractivity contribution is -0.143. The number of hydrogen-bond donors (Lipinski definition) is 3. The molecule has 6 nitrogen and oxygen atoms in total. The topological polar surface area (TPSA) is 95.9 Å². The number of carbonyl (C=O) groups is 2. The summed E-state index contributed by atoms with van der Waals surface area (Å²) in [7, 11) is 0. The molecular formula is C82H157NO5. The van der Waals surface area contributed by atoms with Crippen molar-refractivity contribution in [3.8, 4) is 0 Å². The van der Waals surface area contributed by atoms with Crippen molar-refractivity contribution in [3.63, 3.8) is 0 Å². The zero-order chi connectivity index (χ0) is 63.5. The van der Waals surface area contributed by atoms with Gasteiger partial charge in [-0.1, -0.05) is 410 Å². The molecule has 0 bridgehead atoms. The molecule has 0 rings (SSSR count). The number of allylic oxidation sites excluding steroid dienone is 5. The Balaban J connectivity index is 3.36. The Morgan fingerprint density at radius 3 is 0.886 bits per heavy atom. The zero-order valence-electron chi connectivity index (χ0n) is 59.7. The standard InChI is InChI=1S/C82H157NO5/c1-3-5-7-9-11-13-15-17-19-21-23-24-25-32-35-39-42-46-50-54-58-62-66-70-74-80(85)79(78-84)83-81(86)75-71-67-63-59-55-51-47-43-40-36-33-30-28-26-27-29-31-34-37-41-45-49-53-57-61-65-69-73-77-88-82(87)76-72-68-64-60-56-52-48-44-38-22-20-18-16-14-12-10-8-6-4-2/h12,14,18,20,70,74,79-80,84-85H,3-11,13,15-17,19,21-69,71-73,75-78H2,1-2H3,(H,83,86)/b14-12-,20-18-,74-70+. The highest BCUT2D eigenvalue weighted by molar-refractivity contribution is 5.76. The Kier molecular flexibility index (Phi) is 75.8. The van der Waals surface area contributed by atoms with Crippen molar-refractivity contribution in [1.29, 1.82) is 0 Å². The van der Waals surface area contributed by atoms with Crippen LogP contribution in [0.3, 0.4) is 0 Å². The van der Waals surface area contributed by atoms with E-state index in [4.69, 9.17) is 4.74 Å². The van der Waals surface area contributed by atoms with Crippen LogP contribution in [0.25, 0.3) is 0 Å². The van der Waals surface area contributed by atoms with E-state index >= 15 is 0 Å². The number of rotatable bonds is 76. The highest BCUT2D eigenvalue weighted by Gasteiger charge is 2.18. The molecule has 0 aliphatic carbocycles. The zero-order valence-corrected chi connectivity index (χ0v) is 59.7. The second kappa shape index (κ2) is 77.5. The Bertz CT molecular complexity index is 1430. The lowest BCUT2D eigenvalue weighted by Gasteiger charge is -2.20. The molecular weight excluding hydrogens is 1080 g/mol. The largest absolute Gasteiger partial charge is 0.466 e. The van der Waals surface area contributed by atoms with Crippen LogP contribution in [0, 0.1) is 0 Å². The van der Waals surface area contributed by atoms with Gasteiger partial charge in [0.2, 0.25) is 5.91 Å². The quantitative estimate of drug-likeness (QED) is 0.0320. The van der Waals surface area contributed by atoms with Crippen molar-refractivity contribution in [1.82, 2.24) is 5.32 Å². The average Bonchev–Trinajstić information content (AvgIpc) is 3.55. The van der Waals surface area contributed by atoms with Gasteiger partial charge in [0, 0.05) is 12.8 Å². The van der Waals surface area contributed by atoms with Crippen molar-refractivity contribution < 1.29 is 24.5 Å². The van der Waals surface area contributed by atoms with Crippen LogP contribution in [0.2, 0.25) is 0 Å². The highest BCUT2D eigenvalue weighted by Crippen LogP contribution is 2.20. The summed E-state index contributed by atoms with van der Waals surface area (Å²) >= 11 is 0. The third-order valence-electron chi connectivity index (χ3n) is 18.9. The molecule has 0 aliphatic rings. The van der Waals surface area contributed by atoms with Crippen LogP contribution in [-0.2, 0) is 14.3 Å². The van der Waals surface area contributed by atoms with Crippen LogP contribution < -0.4 is 5.32 Å². The molecule has 3 N–H and O–H groups in total. The number of aliphatic hydroxyl groups is 2. The second-order valence-electron chi connectivity index (χ2n) is 27.8. The van der Waals surface area contributed by atoms with Gasteiger partial charge in [0.1, 0.15) is 0 Å². The maximum Gasteiger partial charge on any atom is 0.305 e. The first kappa shape index (κ1) is 86.1. The van der Waals surface area contributed by atoms with Crippen molar-refractivity contribution in [2.24, 2.45) is 0 Å². The molecule has 0 aliphatic heterocycles. The number of nitrogens with one attached hydrogen (secondary N) is 1. The minimum Gasteiger partial charge on any atom is -0.466 e. The van der Waals surface area contributed by atoms with E-state index in [1.165, 1.54) is 372 Å². The number of amides is 1. The monoisotopic (exact) mass is 1240 g/mol. The molecule has 6 heteroatoms. The number of carbonyl (C=O) groups excluding carboxylic acids is 2. The maximum atomic E-state index is 12.6. The van der Waals surface area contributed by atoms with Crippen LogP contribution in [-0.4, -0.2) is 47.4 Å². The van der Waals surface area contributed by atoms with Crippen LogP contribution >= 0.6 is 0 Å². The maximum absolute atomic E-state index is 12.6. The molecule has 0 heterocycles. The molecule has 0 aromatic heterocycles. The SMILES string of the molecule is CCCCC/C=C\C/C=C\CCCCCCCCCCCC(=O)OCCCCCCCCCCCCCCCCCCCCCCCCCCCCCCC(=O)NC(CO)C(O)/C=C/CCCCCCCCCCCCCCCCCCCCCCCC. The number of esters is 1. The van der Waals surface area contributed by atoms with Gasteiger partial charge in [0.05, 0.1) is 25.4 Å². The summed E-state index contributed by atoms with van der Waals surface area (Å²) in [6.07, 6.45) is 101. The summed E-state index contributed by atoms with van der Waals surface area (Å²) in [5, 5.41) is 23.3. The molecule has 0 saturated carbocycles. The van der Waals surface area contributed by atoms with Gasteiger partial charge in [0.15, 0.2) is 0 Å². The molecule has 0 aromatic rings. The third kappa shape index (κ3) is 73.1. The molecule has 2 unspecified atom stereocenters. The third-order valence-corrected chi connectivity index (χ3v) is 18.9. The van der Waals surface area contributed by atoms with Crippen molar-refractivity contribution >= 4 is 11.9 Å². The Morgan fingerprint density at radius 2 is 0.568 bits per heavy atom. The van der Waals surface area contributed by atoms with Gasteiger partial charge >= 0.3 is 5.97 Å². The molecule has 2 atom stereocenters. The number of unbranched alkanes of at least 4 members (excludes halogenated alkanes) is 61. The fourth-order valence-corrected chi connectivity index (χ4v) is 12.8. The van der Waals surface area contributed by atoms with Crippen molar-refractivity contribution in [3.05, 3.63) is 36.5 Å². The second-order valence-corrected chi connectivity index (χ2v) is 27.8. The van der Waals surface area contributed by atoms with E-state index in [2.05, 4.69) is 43.5 Å². The van der Waals surface area contributed by atoms with E-state index in [9.17, 15) is 19.8 Å². The lowest BCUT2D eigenvalue weighted by atomic mass is 10.0. The first-order valence-electron chi connectivity index (χ1n) is 40.3. The summed E-state index contributed by atoms with van der Waals surface area (Å²) < 4.78 is 5.52. The Labute approximate surface area is 551 Å². The Hall–Kier alpha value is -1.92. The van der Waals surface area contributed by atoms with Crippen molar-refractivity contribution in [2.45, 2.75) is 463 Å². The first-order chi connectivity index (χ1) is 43.5. The fourth-order valence-electron chi connectivity index (χ4n) is 12.8. The smallest absolute Gasteiger partial charge is 0.305 e. The van der Waals surface area contributed by atoms with E-state index in [1.807, 2.05) is 6.08 Å². The number of ether oxygens (including phenoxy) is 1. The van der Waals surface area contributed by atoms with Gasteiger partial charge in [0.25, 0.3) is 0 Å². The van der Waals surface area contributed by atoms with Crippen LogP contribution in [0.15, 0.2) is 36.5 Å². The molecule has 1 amide bonds. The van der Waals surface area contributed by atoms with E-state index in [-0.39, 0.29) is 18.5 Å². The van der Waals surface area contributed by atoms with Crippen LogP contribution in [0.4, 0.5) is 0 Å². The highest BCUT2D eigenvalue weighted by atomic mass is 16.5. The molecule has 0 radical (unpaired) electrons. The summed E-state index contributed by atoms with van der Waals surface area (Å²) in [5.41, 5.74) is 0. The van der Waals surface area contributed by atoms with Crippen molar-refractivity contribution in [2.75, 3.05) is 13.2 Å². The van der Waals surface area contributed by atoms with Gasteiger partial charge in [-0.2, -0.15) is 0 Å². The summed E-state index contributed by atoms with van der Waals surface area (Å²) in [5.74, 6) is -0.0442. The molecule has 0 aromatic carbocycles. The predicted octanol–water partition coefficient (Wildman–Crippen LogP) is 26.6. The normalized spacial score (nSPS) is 12.6. The number of hydrogen-bond acceptors (Lipinski definition) is 5. The molecule has 88 heavy (non-hydrogen) atoms. The van der Waals surface area contributed by atoms with E-state index in [0.717, 1.165) is 51.4 Å². The van der Waals surface area contributed by atoms with Gasteiger partial charge in [-0.15, -0.1) is 0 Å². The minimum atomic E-state index is -0.844. The van der Waals surface area contributed by atoms with E-state index in [1.54, 1.807) is 6.08 Å². The average molecular weight is 1240 g/mol. The minimum absolute atomic E-state index is 0.0156. The van der Waals surface area contributed by atoms with Gasteiger partial charge in [-0.25, -0.2) is 0 Å². The van der Waals surface area contributed by atoms with Gasteiger partial charge in [-0.3, -0.25) is 9.59 Å².